The molecular formula is C14H19F3N2O4S. The number of morpholine rings is 1. The van der Waals surface area contributed by atoms with Crippen molar-refractivity contribution in [2.75, 3.05) is 32.8 Å². The number of sulfonamides is 1. The fourth-order valence-corrected chi connectivity index (χ4v) is 3.46. The molecule has 0 bridgehead atoms. The maximum Gasteiger partial charge on any atom is 0.573 e. The summed E-state index contributed by atoms with van der Waals surface area (Å²) in [6.07, 6.45) is -4.87. The van der Waals surface area contributed by atoms with Crippen LogP contribution >= 0.6 is 0 Å². The Bertz CT molecular complexity index is 646. The normalized spacial score (nSPS) is 18.3. The van der Waals surface area contributed by atoms with Gasteiger partial charge in [-0.3, -0.25) is 4.90 Å². The Labute approximate surface area is 138 Å². The van der Waals surface area contributed by atoms with Crippen LogP contribution in [0, 0.1) is 0 Å². The molecule has 1 fully saturated rings. The highest BCUT2D eigenvalue weighted by Gasteiger charge is 2.31. The fourth-order valence-electron chi connectivity index (χ4n) is 2.30. The minimum Gasteiger partial charge on any atom is -0.406 e. The first-order valence-electron chi connectivity index (χ1n) is 7.35. The van der Waals surface area contributed by atoms with Crippen molar-refractivity contribution >= 4 is 10.0 Å². The van der Waals surface area contributed by atoms with E-state index in [4.69, 9.17) is 4.74 Å². The van der Waals surface area contributed by atoms with Gasteiger partial charge in [0, 0.05) is 31.7 Å². The first kappa shape index (κ1) is 19.0. The van der Waals surface area contributed by atoms with E-state index in [0.29, 0.717) is 26.3 Å². The van der Waals surface area contributed by atoms with E-state index >= 15 is 0 Å². The number of nitrogens with one attached hydrogen (secondary N) is 1. The quantitative estimate of drug-likeness (QED) is 0.826. The SMILES string of the molecule is CC(CNS(=O)(=O)c1cccc(OC(F)(F)F)c1)N1CCOCC1. The Morgan fingerprint density at radius 1 is 1.33 bits per heavy atom. The predicted molar refractivity (Wildman–Crippen MR) is 80.2 cm³/mol. The number of benzene rings is 1. The van der Waals surface area contributed by atoms with Crippen molar-refractivity contribution in [1.82, 2.24) is 9.62 Å². The van der Waals surface area contributed by atoms with E-state index in [0.717, 1.165) is 12.1 Å². The highest BCUT2D eigenvalue weighted by Crippen LogP contribution is 2.24. The standard InChI is InChI=1S/C14H19F3N2O4S/c1-11(19-5-7-22-8-6-19)10-18-24(20,21)13-4-2-3-12(9-13)23-14(15,16)17/h2-4,9,11,18H,5-8,10H2,1H3. The number of ether oxygens (including phenoxy) is 2. The summed E-state index contributed by atoms with van der Waals surface area (Å²) in [6, 6.07) is 4.24. The molecule has 1 aliphatic heterocycles. The van der Waals surface area contributed by atoms with Gasteiger partial charge < -0.3 is 9.47 Å². The fraction of sp³-hybridized carbons (Fsp3) is 0.571. The molecule has 1 aliphatic rings. The number of hydrogen-bond donors (Lipinski definition) is 1. The van der Waals surface area contributed by atoms with Crippen LogP contribution in [0.4, 0.5) is 13.2 Å². The second-order valence-electron chi connectivity index (χ2n) is 5.37. The molecule has 0 aliphatic carbocycles. The van der Waals surface area contributed by atoms with Gasteiger partial charge in [0.05, 0.1) is 18.1 Å². The zero-order valence-electron chi connectivity index (χ0n) is 13.0. The molecule has 136 valence electrons. The molecule has 1 saturated heterocycles. The zero-order valence-corrected chi connectivity index (χ0v) is 13.9. The summed E-state index contributed by atoms with van der Waals surface area (Å²) in [7, 11) is -3.93. The summed E-state index contributed by atoms with van der Waals surface area (Å²) in [5, 5.41) is 0. The van der Waals surface area contributed by atoms with Gasteiger partial charge in [-0.15, -0.1) is 13.2 Å². The van der Waals surface area contributed by atoms with E-state index < -0.39 is 22.1 Å². The van der Waals surface area contributed by atoms with Crippen LogP contribution in [0.3, 0.4) is 0 Å². The van der Waals surface area contributed by atoms with Crippen molar-refractivity contribution in [1.29, 1.82) is 0 Å². The summed E-state index contributed by atoms with van der Waals surface area (Å²) in [5.74, 6) is -0.577. The Hall–Kier alpha value is -1.36. The van der Waals surface area contributed by atoms with E-state index in [9.17, 15) is 21.6 Å². The van der Waals surface area contributed by atoms with Gasteiger partial charge in [-0.2, -0.15) is 0 Å². The lowest BCUT2D eigenvalue weighted by Crippen LogP contribution is -2.47. The molecule has 6 nitrogen and oxygen atoms in total. The summed E-state index contributed by atoms with van der Waals surface area (Å²) in [4.78, 5) is 1.80. The average molecular weight is 368 g/mol. The van der Waals surface area contributed by atoms with Crippen molar-refractivity contribution in [2.24, 2.45) is 0 Å². The topological polar surface area (TPSA) is 67.9 Å². The van der Waals surface area contributed by atoms with Gasteiger partial charge in [0.25, 0.3) is 0 Å². The second kappa shape index (κ2) is 7.68. The minimum atomic E-state index is -4.87. The summed E-state index contributed by atoms with van der Waals surface area (Å²) < 4.78 is 72.6. The number of nitrogens with zero attached hydrogens (tertiary/aromatic N) is 1. The van der Waals surface area contributed by atoms with E-state index in [1.165, 1.54) is 12.1 Å². The molecule has 0 radical (unpaired) electrons. The molecule has 0 saturated carbocycles. The molecule has 10 heteroatoms. The maximum atomic E-state index is 12.2. The minimum absolute atomic E-state index is 0.0571. The Morgan fingerprint density at radius 3 is 2.62 bits per heavy atom. The first-order chi connectivity index (χ1) is 11.2. The van der Waals surface area contributed by atoms with Crippen molar-refractivity contribution in [3.63, 3.8) is 0 Å². The van der Waals surface area contributed by atoms with Crippen molar-refractivity contribution in [2.45, 2.75) is 24.2 Å². The van der Waals surface area contributed by atoms with Crippen LogP contribution in [-0.2, 0) is 14.8 Å². The van der Waals surface area contributed by atoms with E-state index in [1.807, 2.05) is 6.92 Å². The van der Waals surface area contributed by atoms with Gasteiger partial charge in [0.2, 0.25) is 10.0 Å². The monoisotopic (exact) mass is 368 g/mol. The Kier molecular flexibility index (Phi) is 6.07. The lowest BCUT2D eigenvalue weighted by atomic mass is 10.2. The number of rotatable bonds is 6. The van der Waals surface area contributed by atoms with Gasteiger partial charge in [0.15, 0.2) is 0 Å². The van der Waals surface area contributed by atoms with Crippen molar-refractivity contribution in [3.8, 4) is 5.75 Å². The third-order valence-electron chi connectivity index (χ3n) is 3.59. The highest BCUT2D eigenvalue weighted by atomic mass is 32.2. The van der Waals surface area contributed by atoms with Crippen molar-refractivity contribution < 1.29 is 31.1 Å². The molecule has 2 rings (SSSR count). The second-order valence-corrected chi connectivity index (χ2v) is 7.14. The Balaban J connectivity index is 2.00. The average Bonchev–Trinajstić information content (AvgIpc) is 2.52. The van der Waals surface area contributed by atoms with Gasteiger partial charge in [-0.25, -0.2) is 13.1 Å². The maximum absolute atomic E-state index is 12.2. The third-order valence-corrected chi connectivity index (χ3v) is 5.01. The van der Waals surface area contributed by atoms with Gasteiger partial charge in [-0.05, 0) is 19.1 Å². The molecule has 1 N–H and O–H groups in total. The van der Waals surface area contributed by atoms with Gasteiger partial charge >= 0.3 is 6.36 Å². The van der Waals surface area contributed by atoms with E-state index in [-0.39, 0.29) is 17.5 Å². The first-order valence-corrected chi connectivity index (χ1v) is 8.83. The molecule has 1 atom stereocenters. The third kappa shape index (κ3) is 5.62. The summed E-state index contributed by atoms with van der Waals surface area (Å²) in [5.41, 5.74) is 0. The highest BCUT2D eigenvalue weighted by molar-refractivity contribution is 7.89. The molecule has 0 amide bonds. The van der Waals surface area contributed by atoms with Crippen LogP contribution in [0.15, 0.2) is 29.2 Å². The summed E-state index contributed by atoms with van der Waals surface area (Å²) in [6.45, 7) is 4.61. The van der Waals surface area contributed by atoms with Crippen LogP contribution in [0.25, 0.3) is 0 Å². The van der Waals surface area contributed by atoms with Gasteiger partial charge in [0.1, 0.15) is 5.75 Å². The molecule has 0 spiro atoms. The molecular weight excluding hydrogens is 349 g/mol. The molecule has 1 unspecified atom stereocenters. The molecule has 1 heterocycles. The largest absolute Gasteiger partial charge is 0.573 e. The number of alkyl halides is 3. The lowest BCUT2D eigenvalue weighted by Gasteiger charge is -2.32. The summed E-state index contributed by atoms with van der Waals surface area (Å²) >= 11 is 0. The van der Waals surface area contributed by atoms with E-state index in [2.05, 4.69) is 14.4 Å². The van der Waals surface area contributed by atoms with Crippen LogP contribution in [0.2, 0.25) is 0 Å². The Morgan fingerprint density at radius 2 is 2.00 bits per heavy atom. The zero-order chi connectivity index (χ0) is 17.8. The van der Waals surface area contributed by atoms with Gasteiger partial charge in [-0.1, -0.05) is 6.07 Å². The van der Waals surface area contributed by atoms with Crippen molar-refractivity contribution in [3.05, 3.63) is 24.3 Å². The number of hydrogen-bond acceptors (Lipinski definition) is 5. The molecule has 1 aromatic rings. The predicted octanol–water partition coefficient (Wildman–Crippen LogP) is 1.58. The molecule has 1 aromatic carbocycles. The van der Waals surface area contributed by atoms with Crippen LogP contribution < -0.4 is 9.46 Å². The van der Waals surface area contributed by atoms with E-state index in [1.54, 1.807) is 0 Å². The van der Waals surface area contributed by atoms with Crippen LogP contribution in [0.1, 0.15) is 6.92 Å². The van der Waals surface area contributed by atoms with Crippen LogP contribution in [-0.4, -0.2) is 58.6 Å². The molecule has 24 heavy (non-hydrogen) atoms. The smallest absolute Gasteiger partial charge is 0.406 e. The number of halogens is 3. The lowest BCUT2D eigenvalue weighted by molar-refractivity contribution is -0.274. The van der Waals surface area contributed by atoms with Crippen LogP contribution in [0.5, 0.6) is 5.75 Å². The molecule has 0 aromatic heterocycles.